The highest BCUT2D eigenvalue weighted by Crippen LogP contribution is 2.25. The SMILES string of the molecule is COc1ccc(CNc2ncc(Cl)cc2Cl)cc1N. The maximum Gasteiger partial charge on any atom is 0.145 e. The number of rotatable bonds is 4. The molecule has 0 radical (unpaired) electrons. The zero-order valence-corrected chi connectivity index (χ0v) is 11.8. The van der Waals surface area contributed by atoms with E-state index in [4.69, 9.17) is 33.7 Å². The van der Waals surface area contributed by atoms with Gasteiger partial charge in [-0.3, -0.25) is 0 Å². The Morgan fingerprint density at radius 2 is 2.11 bits per heavy atom. The summed E-state index contributed by atoms with van der Waals surface area (Å²) in [6.07, 6.45) is 1.54. The third-order valence-electron chi connectivity index (χ3n) is 2.56. The number of pyridine rings is 1. The van der Waals surface area contributed by atoms with Gasteiger partial charge in [0.15, 0.2) is 0 Å². The number of methoxy groups -OCH3 is 1. The van der Waals surface area contributed by atoms with Crippen LogP contribution in [-0.2, 0) is 6.54 Å². The van der Waals surface area contributed by atoms with E-state index in [0.29, 0.717) is 33.8 Å². The van der Waals surface area contributed by atoms with Crippen LogP contribution in [0, 0.1) is 0 Å². The Labute approximate surface area is 121 Å². The summed E-state index contributed by atoms with van der Waals surface area (Å²) >= 11 is 11.8. The smallest absolute Gasteiger partial charge is 0.145 e. The van der Waals surface area contributed by atoms with Crippen LogP contribution in [0.2, 0.25) is 10.0 Å². The molecule has 0 saturated carbocycles. The monoisotopic (exact) mass is 297 g/mol. The van der Waals surface area contributed by atoms with E-state index in [-0.39, 0.29) is 0 Å². The van der Waals surface area contributed by atoms with Gasteiger partial charge in [0.1, 0.15) is 11.6 Å². The fourth-order valence-electron chi connectivity index (χ4n) is 1.62. The van der Waals surface area contributed by atoms with E-state index < -0.39 is 0 Å². The number of ether oxygens (including phenoxy) is 1. The maximum atomic E-state index is 6.02. The molecule has 0 atom stereocenters. The van der Waals surface area contributed by atoms with Crippen molar-refractivity contribution in [2.75, 3.05) is 18.2 Å². The highest BCUT2D eigenvalue weighted by atomic mass is 35.5. The number of nitrogens with two attached hydrogens (primary N) is 1. The lowest BCUT2D eigenvalue weighted by Crippen LogP contribution is -2.03. The average Bonchev–Trinajstić information content (AvgIpc) is 2.38. The number of nitrogen functional groups attached to an aromatic ring is 1. The minimum Gasteiger partial charge on any atom is -0.495 e. The van der Waals surface area contributed by atoms with Gasteiger partial charge in [0.05, 0.1) is 22.8 Å². The van der Waals surface area contributed by atoms with Crippen LogP contribution in [0.15, 0.2) is 30.5 Å². The minimum atomic E-state index is 0.481. The molecule has 0 aliphatic carbocycles. The number of benzene rings is 1. The second-order valence-electron chi connectivity index (χ2n) is 3.91. The van der Waals surface area contributed by atoms with E-state index in [9.17, 15) is 0 Å². The van der Waals surface area contributed by atoms with Crippen LogP contribution < -0.4 is 15.8 Å². The predicted octanol–water partition coefficient (Wildman–Crippen LogP) is 3.59. The van der Waals surface area contributed by atoms with Crippen molar-refractivity contribution in [2.24, 2.45) is 0 Å². The summed E-state index contributed by atoms with van der Waals surface area (Å²) in [5.74, 6) is 1.24. The van der Waals surface area contributed by atoms with Crippen molar-refractivity contribution in [3.8, 4) is 5.75 Å². The molecule has 3 N–H and O–H groups in total. The van der Waals surface area contributed by atoms with Crippen LogP contribution in [0.4, 0.5) is 11.5 Å². The number of hydrogen-bond acceptors (Lipinski definition) is 4. The summed E-state index contributed by atoms with van der Waals surface area (Å²) in [5.41, 5.74) is 7.44. The second kappa shape index (κ2) is 5.99. The fourth-order valence-corrected chi connectivity index (χ4v) is 2.07. The first-order valence-electron chi connectivity index (χ1n) is 5.57. The molecule has 0 amide bonds. The molecule has 100 valence electrons. The summed E-state index contributed by atoms with van der Waals surface area (Å²) in [4.78, 5) is 4.12. The Hall–Kier alpha value is -1.65. The molecule has 1 aromatic heterocycles. The van der Waals surface area contributed by atoms with Gasteiger partial charge in [-0.25, -0.2) is 4.98 Å². The maximum absolute atomic E-state index is 6.02. The first-order chi connectivity index (χ1) is 9.10. The first-order valence-corrected chi connectivity index (χ1v) is 6.33. The third-order valence-corrected chi connectivity index (χ3v) is 3.06. The molecule has 2 aromatic rings. The van der Waals surface area contributed by atoms with Gasteiger partial charge in [-0.2, -0.15) is 0 Å². The first kappa shape index (κ1) is 13.8. The summed E-state index contributed by atoms with van der Waals surface area (Å²) < 4.78 is 5.10. The van der Waals surface area contributed by atoms with Gasteiger partial charge in [-0.15, -0.1) is 0 Å². The standard InChI is InChI=1S/C13H13Cl2N3O/c1-19-12-3-2-8(4-11(12)16)6-17-13-10(15)5-9(14)7-18-13/h2-5,7H,6,16H2,1H3,(H,17,18). The van der Waals surface area contributed by atoms with Crippen molar-refractivity contribution in [3.63, 3.8) is 0 Å². The normalized spacial score (nSPS) is 10.3. The lowest BCUT2D eigenvalue weighted by atomic mass is 10.2. The number of nitrogens with one attached hydrogen (secondary N) is 1. The Bertz CT molecular complexity index is 590. The third kappa shape index (κ3) is 3.43. The molecule has 0 spiro atoms. The Morgan fingerprint density at radius 3 is 2.74 bits per heavy atom. The van der Waals surface area contributed by atoms with Crippen LogP contribution in [0.3, 0.4) is 0 Å². The molecule has 2 rings (SSSR count). The van der Waals surface area contributed by atoms with Crippen LogP contribution in [0.1, 0.15) is 5.56 Å². The van der Waals surface area contributed by atoms with Crippen molar-refractivity contribution in [1.29, 1.82) is 0 Å². The molecule has 0 aliphatic heterocycles. The quantitative estimate of drug-likeness (QED) is 0.847. The predicted molar refractivity (Wildman–Crippen MR) is 79.0 cm³/mol. The number of aromatic nitrogens is 1. The highest BCUT2D eigenvalue weighted by Gasteiger charge is 2.04. The number of nitrogens with zero attached hydrogens (tertiary/aromatic N) is 1. The van der Waals surface area contributed by atoms with E-state index in [1.807, 2.05) is 18.2 Å². The van der Waals surface area contributed by atoms with Gasteiger partial charge < -0.3 is 15.8 Å². The van der Waals surface area contributed by atoms with Gasteiger partial charge >= 0.3 is 0 Å². The molecule has 0 unspecified atom stereocenters. The molecule has 6 heteroatoms. The Balaban J connectivity index is 2.08. The zero-order chi connectivity index (χ0) is 13.8. The van der Waals surface area contributed by atoms with E-state index in [0.717, 1.165) is 5.56 Å². The van der Waals surface area contributed by atoms with Crippen LogP contribution in [-0.4, -0.2) is 12.1 Å². The topological polar surface area (TPSA) is 60.2 Å². The Kier molecular flexibility index (Phi) is 4.35. The molecule has 1 heterocycles. The summed E-state index contributed by atoms with van der Waals surface area (Å²) in [7, 11) is 1.58. The molecule has 0 saturated heterocycles. The average molecular weight is 298 g/mol. The molecule has 0 bridgehead atoms. The van der Waals surface area contributed by atoms with Crippen LogP contribution in [0.25, 0.3) is 0 Å². The van der Waals surface area contributed by atoms with Crippen molar-refractivity contribution in [2.45, 2.75) is 6.54 Å². The largest absolute Gasteiger partial charge is 0.495 e. The summed E-state index contributed by atoms with van der Waals surface area (Å²) in [6.45, 7) is 0.558. The van der Waals surface area contributed by atoms with E-state index in [1.54, 1.807) is 13.2 Å². The molecule has 19 heavy (non-hydrogen) atoms. The lowest BCUT2D eigenvalue weighted by molar-refractivity contribution is 0.417. The van der Waals surface area contributed by atoms with Gasteiger partial charge in [-0.05, 0) is 23.8 Å². The van der Waals surface area contributed by atoms with Crippen molar-refractivity contribution < 1.29 is 4.74 Å². The number of halogens is 2. The number of anilines is 2. The van der Waals surface area contributed by atoms with Crippen molar-refractivity contribution in [3.05, 3.63) is 46.1 Å². The van der Waals surface area contributed by atoms with Gasteiger partial charge in [0.25, 0.3) is 0 Å². The molecular formula is C13H13Cl2N3O. The molecule has 4 nitrogen and oxygen atoms in total. The van der Waals surface area contributed by atoms with E-state index in [2.05, 4.69) is 10.3 Å². The molecule has 1 aromatic carbocycles. The highest BCUT2D eigenvalue weighted by molar-refractivity contribution is 6.35. The Morgan fingerprint density at radius 1 is 1.32 bits per heavy atom. The van der Waals surface area contributed by atoms with E-state index >= 15 is 0 Å². The van der Waals surface area contributed by atoms with Gasteiger partial charge in [0, 0.05) is 12.7 Å². The van der Waals surface area contributed by atoms with Crippen molar-refractivity contribution in [1.82, 2.24) is 4.98 Å². The van der Waals surface area contributed by atoms with Crippen LogP contribution in [0.5, 0.6) is 5.75 Å². The summed E-state index contributed by atoms with van der Waals surface area (Å²) in [5, 5.41) is 4.11. The molecule has 0 fully saturated rings. The molecule has 0 aliphatic rings. The van der Waals surface area contributed by atoms with Crippen molar-refractivity contribution >= 4 is 34.7 Å². The number of hydrogen-bond donors (Lipinski definition) is 2. The summed E-state index contributed by atoms with van der Waals surface area (Å²) in [6, 6.07) is 7.23. The van der Waals surface area contributed by atoms with Gasteiger partial charge in [-0.1, -0.05) is 29.3 Å². The van der Waals surface area contributed by atoms with Crippen LogP contribution >= 0.6 is 23.2 Å². The van der Waals surface area contributed by atoms with E-state index in [1.165, 1.54) is 6.20 Å². The zero-order valence-electron chi connectivity index (χ0n) is 10.3. The second-order valence-corrected chi connectivity index (χ2v) is 4.76. The van der Waals surface area contributed by atoms with Gasteiger partial charge in [0.2, 0.25) is 0 Å². The minimum absolute atomic E-state index is 0.481. The molecular weight excluding hydrogens is 285 g/mol. The fraction of sp³-hybridized carbons (Fsp3) is 0.154. The lowest BCUT2D eigenvalue weighted by Gasteiger charge is -2.10.